The van der Waals surface area contributed by atoms with Gasteiger partial charge in [-0.05, 0) is 99.9 Å². The lowest BCUT2D eigenvalue weighted by molar-refractivity contribution is -0.248. The van der Waals surface area contributed by atoms with Crippen molar-refractivity contribution in [3.8, 4) is 5.75 Å². The number of aliphatic hydroxyl groups excluding tert-OH is 1. The highest BCUT2D eigenvalue weighted by Crippen LogP contribution is 2.43. The van der Waals surface area contributed by atoms with E-state index in [-0.39, 0.29) is 18.1 Å². The minimum Gasteiger partial charge on any atom is -0.490 e. The van der Waals surface area contributed by atoms with Crippen LogP contribution in [0.5, 0.6) is 5.75 Å². The van der Waals surface area contributed by atoms with Crippen molar-refractivity contribution >= 4 is 16.7 Å². The average molecular weight is 596 g/mol. The van der Waals surface area contributed by atoms with E-state index in [9.17, 15) is 15.0 Å². The number of fused-ring (bicyclic) bond motifs is 2. The maximum atomic E-state index is 12.1. The fourth-order valence-electron chi connectivity index (χ4n) is 6.71. The number of carboxylic acid groups (broad SMARTS) is 1. The first-order valence-corrected chi connectivity index (χ1v) is 15.6. The fraction of sp³-hybridized carbons (Fsp3) is 0.395. The molecule has 0 amide bonds. The Morgan fingerprint density at radius 2 is 1.68 bits per heavy atom. The van der Waals surface area contributed by atoms with Gasteiger partial charge in [-0.2, -0.15) is 0 Å². The number of hydrogen-bond acceptors (Lipinski definition) is 5. The van der Waals surface area contributed by atoms with Crippen LogP contribution in [0.15, 0.2) is 78.9 Å². The summed E-state index contributed by atoms with van der Waals surface area (Å²) >= 11 is 0. The van der Waals surface area contributed by atoms with Crippen molar-refractivity contribution in [3.05, 3.63) is 112 Å². The lowest BCUT2D eigenvalue weighted by Crippen LogP contribution is -2.44. The normalized spacial score (nSPS) is 18.1. The van der Waals surface area contributed by atoms with Gasteiger partial charge in [-0.25, -0.2) is 9.69 Å². The Hall–Kier alpha value is -3.71. The van der Waals surface area contributed by atoms with Crippen LogP contribution in [0.2, 0.25) is 0 Å². The number of carbonyl (C=O) groups is 1. The van der Waals surface area contributed by atoms with Crippen molar-refractivity contribution in [2.24, 2.45) is 0 Å². The minimum atomic E-state index is -1.07. The van der Waals surface area contributed by atoms with Crippen LogP contribution in [0, 0.1) is 13.8 Å². The smallest absolute Gasteiger partial charge is 0.336 e. The predicted octanol–water partition coefficient (Wildman–Crippen LogP) is 8.37. The van der Waals surface area contributed by atoms with Gasteiger partial charge in [0, 0.05) is 24.1 Å². The summed E-state index contributed by atoms with van der Waals surface area (Å²) in [4.78, 5) is 14.1. The molecule has 0 aromatic heterocycles. The number of ether oxygens (including phenoxy) is 2. The Morgan fingerprint density at radius 1 is 0.977 bits per heavy atom. The number of aryl methyl sites for hydroxylation is 1. The number of rotatable bonds is 10. The molecule has 4 aromatic carbocycles. The molecule has 1 aliphatic heterocycles. The second kappa shape index (κ2) is 13.1. The molecule has 4 aromatic rings. The second-order valence-corrected chi connectivity index (χ2v) is 13.0. The molecule has 44 heavy (non-hydrogen) atoms. The zero-order valence-electron chi connectivity index (χ0n) is 26.7. The molecule has 6 heteroatoms. The molecule has 0 fully saturated rings. The summed E-state index contributed by atoms with van der Waals surface area (Å²) in [5.41, 5.74) is 4.73. The number of aromatic carboxylic acids is 1. The molecule has 0 aliphatic carbocycles. The van der Waals surface area contributed by atoms with Crippen LogP contribution in [-0.4, -0.2) is 45.7 Å². The molecule has 4 atom stereocenters. The molecule has 1 unspecified atom stereocenters. The first kappa shape index (κ1) is 31.7. The van der Waals surface area contributed by atoms with Gasteiger partial charge in [-0.3, -0.25) is 0 Å². The molecule has 1 aliphatic rings. The van der Waals surface area contributed by atoms with Crippen molar-refractivity contribution in [1.29, 1.82) is 0 Å². The summed E-state index contributed by atoms with van der Waals surface area (Å²) < 4.78 is 12.6. The van der Waals surface area contributed by atoms with Crippen molar-refractivity contribution < 1.29 is 24.5 Å². The topological polar surface area (TPSA) is 79.2 Å². The van der Waals surface area contributed by atoms with Crippen molar-refractivity contribution in [1.82, 2.24) is 4.90 Å². The third kappa shape index (κ3) is 6.83. The minimum absolute atomic E-state index is 0.0316. The van der Waals surface area contributed by atoms with Crippen LogP contribution in [-0.2, 0) is 4.74 Å². The first-order valence-electron chi connectivity index (χ1n) is 15.6. The molecule has 2 N–H and O–H groups in total. The predicted molar refractivity (Wildman–Crippen MR) is 175 cm³/mol. The summed E-state index contributed by atoms with van der Waals surface area (Å²) in [5, 5.41) is 23.6. The summed E-state index contributed by atoms with van der Waals surface area (Å²) in [6.07, 6.45) is 1.18. The Balaban J connectivity index is 1.38. The number of nitrogens with zero attached hydrogens (tertiary/aromatic N) is 1. The molecular weight excluding hydrogens is 550 g/mol. The molecule has 0 bridgehead atoms. The van der Waals surface area contributed by atoms with Crippen molar-refractivity contribution in [3.63, 3.8) is 0 Å². The molecule has 1 heterocycles. The van der Waals surface area contributed by atoms with E-state index < -0.39 is 18.0 Å². The number of para-hydroxylation sites is 1. The molecule has 0 saturated heterocycles. The molecule has 0 radical (unpaired) electrons. The number of hydrogen-bond donors (Lipinski definition) is 2. The summed E-state index contributed by atoms with van der Waals surface area (Å²) in [6, 6.07) is 26.6. The van der Waals surface area contributed by atoms with Gasteiger partial charge >= 0.3 is 5.97 Å². The molecule has 5 rings (SSSR count). The van der Waals surface area contributed by atoms with E-state index in [4.69, 9.17) is 9.47 Å². The van der Waals surface area contributed by atoms with Crippen LogP contribution >= 0.6 is 0 Å². The van der Waals surface area contributed by atoms with Crippen LogP contribution in [0.4, 0.5) is 0 Å². The second-order valence-electron chi connectivity index (χ2n) is 13.0. The van der Waals surface area contributed by atoms with E-state index in [1.165, 1.54) is 10.8 Å². The van der Waals surface area contributed by atoms with Crippen molar-refractivity contribution in [2.75, 3.05) is 6.54 Å². The fourth-order valence-corrected chi connectivity index (χ4v) is 6.71. The van der Waals surface area contributed by atoms with Gasteiger partial charge in [-0.15, -0.1) is 0 Å². The summed E-state index contributed by atoms with van der Waals surface area (Å²) in [6.45, 7) is 12.4. The van der Waals surface area contributed by atoms with Crippen LogP contribution in [0.25, 0.3) is 10.8 Å². The van der Waals surface area contributed by atoms with E-state index >= 15 is 0 Å². The molecule has 6 nitrogen and oxygen atoms in total. The number of benzene rings is 4. The highest BCUT2D eigenvalue weighted by molar-refractivity contribution is 5.91. The molecule has 0 saturated carbocycles. The molecule has 0 spiro atoms. The third-order valence-electron chi connectivity index (χ3n) is 8.85. The quantitative estimate of drug-likeness (QED) is 0.179. The van der Waals surface area contributed by atoms with Crippen LogP contribution in [0.3, 0.4) is 0 Å². The number of carboxylic acids is 1. The highest BCUT2D eigenvalue weighted by Gasteiger charge is 2.33. The van der Waals surface area contributed by atoms with Gasteiger partial charge in [0.05, 0.1) is 17.3 Å². The van der Waals surface area contributed by atoms with E-state index in [2.05, 4.69) is 55.5 Å². The average Bonchev–Trinajstić information content (AvgIpc) is 2.97. The zero-order valence-corrected chi connectivity index (χ0v) is 26.7. The first-order chi connectivity index (χ1) is 20.9. The lowest BCUT2D eigenvalue weighted by atomic mass is 9.80. The van der Waals surface area contributed by atoms with Gasteiger partial charge in [0.2, 0.25) is 6.41 Å². The van der Waals surface area contributed by atoms with Gasteiger partial charge in [0.1, 0.15) is 5.75 Å². The Kier molecular flexibility index (Phi) is 9.45. The van der Waals surface area contributed by atoms with E-state index in [0.717, 1.165) is 52.8 Å². The molecule has 232 valence electrons. The number of aliphatic hydroxyl groups is 1. The third-order valence-corrected chi connectivity index (χ3v) is 8.85. The van der Waals surface area contributed by atoms with E-state index in [1.807, 2.05) is 69.9 Å². The van der Waals surface area contributed by atoms with Gasteiger partial charge in [0.15, 0.2) is 0 Å². The van der Waals surface area contributed by atoms with Crippen molar-refractivity contribution in [2.45, 2.75) is 90.9 Å². The SMILES string of the molecule is Cc1ccc([C@H]2C[C@@H](CCCN(C(O)OC(C)(C)C)[C@H](C)c3cccc4ccccc34)Oc3ccccc32)c(C)c1C(=O)O. The Labute approximate surface area is 261 Å². The lowest BCUT2D eigenvalue weighted by Gasteiger charge is -2.38. The Bertz CT molecular complexity index is 1620. The zero-order chi connectivity index (χ0) is 31.6. The highest BCUT2D eigenvalue weighted by atomic mass is 16.6. The van der Waals surface area contributed by atoms with E-state index in [0.29, 0.717) is 12.1 Å². The largest absolute Gasteiger partial charge is 0.490 e. The molecular formula is C38H45NO5. The summed E-state index contributed by atoms with van der Waals surface area (Å²) in [7, 11) is 0. The van der Waals surface area contributed by atoms with Crippen LogP contribution < -0.4 is 4.74 Å². The van der Waals surface area contributed by atoms with Crippen LogP contribution in [0.1, 0.15) is 97.1 Å². The van der Waals surface area contributed by atoms with Gasteiger partial charge < -0.3 is 19.7 Å². The summed E-state index contributed by atoms with van der Waals surface area (Å²) in [5.74, 6) is -0.0120. The van der Waals surface area contributed by atoms with E-state index in [1.54, 1.807) is 0 Å². The standard InChI is InChI=1S/C38H45NO5/c1-24-20-21-29(25(2)35(24)36(40)41)33-23-28(43-34-19-10-9-17-32(33)34)15-12-22-39(37(42)44-38(4,5)6)26(3)30-18-11-14-27-13-7-8-16-31(27)30/h7-11,13-14,16-21,26,28,33,37,42H,12,15,22-23H2,1-6H3,(H,40,41)/t26-,28-,33-,37?/m1/s1. The van der Waals surface area contributed by atoms with Gasteiger partial charge in [0.25, 0.3) is 0 Å². The maximum Gasteiger partial charge on any atom is 0.336 e. The van der Waals surface area contributed by atoms with Gasteiger partial charge in [-0.1, -0.05) is 72.8 Å². The monoisotopic (exact) mass is 595 g/mol. The Morgan fingerprint density at radius 3 is 2.43 bits per heavy atom. The maximum absolute atomic E-state index is 12.1.